The maximum atomic E-state index is 13.0. The van der Waals surface area contributed by atoms with Gasteiger partial charge in [-0.3, -0.25) is 0 Å². The van der Waals surface area contributed by atoms with Gasteiger partial charge in [0.1, 0.15) is 5.82 Å². The van der Waals surface area contributed by atoms with Crippen molar-refractivity contribution in [1.29, 1.82) is 0 Å². The minimum Gasteiger partial charge on any atom is -0.348 e. The summed E-state index contributed by atoms with van der Waals surface area (Å²) in [6, 6.07) is 6.72. The van der Waals surface area contributed by atoms with Gasteiger partial charge in [0.2, 0.25) is 5.95 Å². The quantitative estimate of drug-likeness (QED) is 0.802. The Bertz CT molecular complexity index is 693. The number of fused-ring (bicyclic) bond motifs is 1. The molecule has 0 amide bonds. The number of hydrogen-bond acceptors (Lipinski definition) is 4. The van der Waals surface area contributed by atoms with Crippen molar-refractivity contribution >= 4 is 34.5 Å². The van der Waals surface area contributed by atoms with E-state index in [2.05, 4.69) is 15.4 Å². The molecule has 0 radical (unpaired) electrons. The minimum atomic E-state index is -0.344. The summed E-state index contributed by atoms with van der Waals surface area (Å²) in [5.41, 5.74) is 0.600. The largest absolute Gasteiger partial charge is 0.348 e. The molecule has 92 valence electrons. The third kappa shape index (κ3) is 2.30. The third-order valence-electron chi connectivity index (χ3n) is 2.34. The molecule has 0 bridgehead atoms. The molecule has 0 fully saturated rings. The molecule has 3 rings (SSSR count). The second kappa shape index (κ2) is 4.55. The first-order valence-electron chi connectivity index (χ1n) is 5.21. The molecule has 0 aromatic carbocycles. The van der Waals surface area contributed by atoms with Gasteiger partial charge in [0, 0.05) is 4.88 Å². The highest BCUT2D eigenvalue weighted by Crippen LogP contribution is 2.21. The first-order chi connectivity index (χ1) is 8.70. The molecule has 0 spiro atoms. The van der Waals surface area contributed by atoms with Crippen LogP contribution in [0.15, 0.2) is 30.5 Å². The Morgan fingerprint density at radius 1 is 1.33 bits per heavy atom. The molecule has 0 saturated carbocycles. The molecule has 0 aliphatic heterocycles. The van der Waals surface area contributed by atoms with Crippen LogP contribution in [-0.2, 0) is 6.54 Å². The zero-order valence-electron chi connectivity index (χ0n) is 9.10. The number of hydrogen-bond donors (Lipinski definition) is 1. The summed E-state index contributed by atoms with van der Waals surface area (Å²) in [4.78, 5) is 5.31. The van der Waals surface area contributed by atoms with Crippen molar-refractivity contribution in [2.75, 3.05) is 5.32 Å². The zero-order chi connectivity index (χ0) is 12.5. The van der Waals surface area contributed by atoms with Crippen molar-refractivity contribution in [2.24, 2.45) is 0 Å². The van der Waals surface area contributed by atoms with Crippen molar-refractivity contribution in [3.8, 4) is 0 Å². The number of rotatable bonds is 3. The van der Waals surface area contributed by atoms with Crippen LogP contribution < -0.4 is 5.32 Å². The molecule has 0 aliphatic carbocycles. The molecule has 18 heavy (non-hydrogen) atoms. The molecule has 3 heterocycles. The van der Waals surface area contributed by atoms with E-state index in [9.17, 15) is 4.39 Å². The van der Waals surface area contributed by atoms with Gasteiger partial charge in [-0.25, -0.2) is 8.91 Å². The lowest BCUT2D eigenvalue weighted by molar-refractivity contribution is 0.615. The smallest absolute Gasteiger partial charge is 0.243 e. The zero-order valence-corrected chi connectivity index (χ0v) is 10.7. The average Bonchev–Trinajstić information content (AvgIpc) is 2.92. The number of pyridine rings is 1. The van der Waals surface area contributed by atoms with Crippen LogP contribution in [0.4, 0.5) is 10.3 Å². The molecular weight excluding hydrogens is 275 g/mol. The van der Waals surface area contributed by atoms with Gasteiger partial charge in [-0.05, 0) is 24.3 Å². The highest BCUT2D eigenvalue weighted by molar-refractivity contribution is 7.16. The SMILES string of the molecule is Fc1ccc2nc(NCc3ccc(Cl)s3)nn2c1. The minimum absolute atomic E-state index is 0.344. The van der Waals surface area contributed by atoms with Crippen LogP contribution in [0.25, 0.3) is 5.65 Å². The Kier molecular flexibility index (Phi) is 2.89. The molecule has 4 nitrogen and oxygen atoms in total. The molecule has 0 unspecified atom stereocenters. The van der Waals surface area contributed by atoms with E-state index in [1.807, 2.05) is 12.1 Å². The van der Waals surface area contributed by atoms with E-state index in [1.54, 1.807) is 6.07 Å². The average molecular weight is 283 g/mol. The Morgan fingerprint density at radius 3 is 3.00 bits per heavy atom. The number of halogens is 2. The van der Waals surface area contributed by atoms with Crippen LogP contribution in [0.1, 0.15) is 4.88 Å². The highest BCUT2D eigenvalue weighted by atomic mass is 35.5. The van der Waals surface area contributed by atoms with E-state index in [4.69, 9.17) is 11.6 Å². The second-order valence-corrected chi connectivity index (χ2v) is 5.44. The van der Waals surface area contributed by atoms with Crippen molar-refractivity contribution in [1.82, 2.24) is 14.6 Å². The summed E-state index contributed by atoms with van der Waals surface area (Å²) in [5.74, 6) is 0.120. The van der Waals surface area contributed by atoms with Crippen LogP contribution >= 0.6 is 22.9 Å². The lowest BCUT2D eigenvalue weighted by Crippen LogP contribution is -1.99. The maximum absolute atomic E-state index is 13.0. The Morgan fingerprint density at radius 2 is 2.22 bits per heavy atom. The highest BCUT2D eigenvalue weighted by Gasteiger charge is 2.04. The summed E-state index contributed by atoms with van der Waals surface area (Å²) in [5, 5.41) is 7.19. The summed E-state index contributed by atoms with van der Waals surface area (Å²) >= 11 is 7.33. The van der Waals surface area contributed by atoms with Crippen LogP contribution in [-0.4, -0.2) is 14.6 Å². The van der Waals surface area contributed by atoms with Gasteiger partial charge in [0.05, 0.1) is 17.1 Å². The van der Waals surface area contributed by atoms with Gasteiger partial charge >= 0.3 is 0 Å². The monoisotopic (exact) mass is 282 g/mol. The van der Waals surface area contributed by atoms with Crippen molar-refractivity contribution in [3.05, 3.63) is 45.5 Å². The van der Waals surface area contributed by atoms with Gasteiger partial charge in [-0.1, -0.05) is 11.6 Å². The number of anilines is 1. The fourth-order valence-electron chi connectivity index (χ4n) is 1.55. The number of thiophene rings is 1. The van der Waals surface area contributed by atoms with Crippen LogP contribution in [0, 0.1) is 5.82 Å². The topological polar surface area (TPSA) is 42.2 Å². The molecule has 1 N–H and O–H groups in total. The van der Waals surface area contributed by atoms with Crippen LogP contribution in [0.2, 0.25) is 4.34 Å². The standard InChI is InChI=1S/C11H8ClFN4S/c12-9-3-2-8(18-9)5-14-11-15-10-4-1-7(13)6-17(10)16-11/h1-4,6H,5H2,(H,14,16). The predicted octanol–water partition coefficient (Wildman–Crippen LogP) is 3.20. The van der Waals surface area contributed by atoms with E-state index >= 15 is 0 Å². The van der Waals surface area contributed by atoms with Crippen molar-refractivity contribution in [2.45, 2.75) is 6.54 Å². The van der Waals surface area contributed by atoms with Gasteiger partial charge in [-0.2, -0.15) is 4.98 Å². The Balaban J connectivity index is 1.78. The van der Waals surface area contributed by atoms with Gasteiger partial charge in [0.15, 0.2) is 5.65 Å². The normalized spacial score (nSPS) is 11.0. The molecule has 0 atom stereocenters. The maximum Gasteiger partial charge on any atom is 0.243 e. The summed E-state index contributed by atoms with van der Waals surface area (Å²) in [6.45, 7) is 0.594. The summed E-state index contributed by atoms with van der Waals surface area (Å²) in [6.07, 6.45) is 1.29. The third-order valence-corrected chi connectivity index (χ3v) is 3.58. The molecule has 0 aliphatic rings. The van der Waals surface area contributed by atoms with Crippen molar-refractivity contribution in [3.63, 3.8) is 0 Å². The van der Waals surface area contributed by atoms with Gasteiger partial charge in [-0.15, -0.1) is 16.4 Å². The second-order valence-electron chi connectivity index (χ2n) is 3.64. The Hall–Kier alpha value is -1.66. The summed E-state index contributed by atoms with van der Waals surface area (Å²) in [7, 11) is 0. The Labute approximate surface area is 111 Å². The fraction of sp³-hybridized carbons (Fsp3) is 0.0909. The van der Waals surface area contributed by atoms with E-state index in [1.165, 1.54) is 28.1 Å². The van der Waals surface area contributed by atoms with E-state index in [0.717, 1.165) is 9.21 Å². The molecule has 7 heteroatoms. The fourth-order valence-corrected chi connectivity index (χ4v) is 2.57. The number of nitrogens with one attached hydrogen (secondary N) is 1. The molecular formula is C11H8ClFN4S. The molecule has 3 aromatic rings. The van der Waals surface area contributed by atoms with E-state index in [-0.39, 0.29) is 5.82 Å². The van der Waals surface area contributed by atoms with Crippen LogP contribution in [0.5, 0.6) is 0 Å². The molecule has 0 saturated heterocycles. The summed E-state index contributed by atoms with van der Waals surface area (Å²) < 4.78 is 15.1. The molecule has 3 aromatic heterocycles. The van der Waals surface area contributed by atoms with Crippen molar-refractivity contribution < 1.29 is 4.39 Å². The van der Waals surface area contributed by atoms with E-state index < -0.39 is 0 Å². The lowest BCUT2D eigenvalue weighted by Gasteiger charge is -1.97. The first-order valence-corrected chi connectivity index (χ1v) is 6.40. The van der Waals surface area contributed by atoms with Crippen LogP contribution in [0.3, 0.4) is 0 Å². The van der Waals surface area contributed by atoms with E-state index in [0.29, 0.717) is 18.1 Å². The predicted molar refractivity (Wildman–Crippen MR) is 69.6 cm³/mol. The number of aromatic nitrogens is 3. The number of nitrogens with zero attached hydrogens (tertiary/aromatic N) is 3. The lowest BCUT2D eigenvalue weighted by atomic mass is 10.5. The van der Waals surface area contributed by atoms with Gasteiger partial charge in [0.25, 0.3) is 0 Å². The first kappa shape index (κ1) is 11.4. The van der Waals surface area contributed by atoms with Gasteiger partial charge < -0.3 is 5.32 Å².